The van der Waals surface area contributed by atoms with Gasteiger partial charge in [-0.1, -0.05) is 30.3 Å². The molecule has 1 saturated heterocycles. The molecule has 0 aliphatic carbocycles. The Bertz CT molecular complexity index is 603. The van der Waals surface area contributed by atoms with Crippen LogP contribution in [0.2, 0.25) is 0 Å². The number of carbonyl (C=O) groups is 1. The van der Waals surface area contributed by atoms with Crippen LogP contribution < -0.4 is 0 Å². The molecule has 3 rings (SSSR count). The zero-order chi connectivity index (χ0) is 15.2. The van der Waals surface area contributed by atoms with E-state index in [1.807, 2.05) is 11.0 Å². The highest BCUT2D eigenvalue weighted by Gasteiger charge is 2.21. The van der Waals surface area contributed by atoms with E-state index in [1.165, 1.54) is 11.8 Å². The lowest BCUT2D eigenvalue weighted by molar-refractivity contribution is 0.0754. The standard InChI is InChI=1S/C17H20N4O/c22-17(16-13-18-7-8-19-16)21-10-4-9-20(11-12-21)14-15-5-2-1-3-6-15/h1-3,5-8,13H,4,9-12,14H2. The van der Waals surface area contributed by atoms with Crippen LogP contribution in [0.1, 0.15) is 22.5 Å². The molecular weight excluding hydrogens is 276 g/mol. The first-order valence-corrected chi connectivity index (χ1v) is 7.64. The zero-order valence-electron chi connectivity index (χ0n) is 12.6. The molecule has 2 heterocycles. The highest BCUT2D eigenvalue weighted by Crippen LogP contribution is 2.10. The van der Waals surface area contributed by atoms with Crippen molar-refractivity contribution in [1.82, 2.24) is 19.8 Å². The zero-order valence-corrected chi connectivity index (χ0v) is 12.6. The van der Waals surface area contributed by atoms with Crippen LogP contribution in [0.4, 0.5) is 0 Å². The summed E-state index contributed by atoms with van der Waals surface area (Å²) in [4.78, 5) is 24.8. The normalized spacial score (nSPS) is 16.3. The molecule has 1 amide bonds. The van der Waals surface area contributed by atoms with Gasteiger partial charge in [0, 0.05) is 45.1 Å². The number of rotatable bonds is 3. The van der Waals surface area contributed by atoms with Gasteiger partial charge in [0.15, 0.2) is 0 Å². The summed E-state index contributed by atoms with van der Waals surface area (Å²) in [5.74, 6) is -0.0188. The number of benzene rings is 1. The molecular formula is C17H20N4O. The van der Waals surface area contributed by atoms with Crippen LogP contribution in [0.5, 0.6) is 0 Å². The first kappa shape index (κ1) is 14.7. The maximum atomic E-state index is 12.4. The van der Waals surface area contributed by atoms with Crippen molar-refractivity contribution in [1.29, 1.82) is 0 Å². The average Bonchev–Trinajstić information content (AvgIpc) is 2.82. The van der Waals surface area contributed by atoms with E-state index < -0.39 is 0 Å². The van der Waals surface area contributed by atoms with Gasteiger partial charge in [-0.05, 0) is 12.0 Å². The van der Waals surface area contributed by atoms with Crippen LogP contribution in [0.3, 0.4) is 0 Å². The summed E-state index contributed by atoms with van der Waals surface area (Å²) in [7, 11) is 0. The third kappa shape index (κ3) is 3.68. The van der Waals surface area contributed by atoms with E-state index in [4.69, 9.17) is 0 Å². The summed E-state index contributed by atoms with van der Waals surface area (Å²) in [5.41, 5.74) is 1.75. The number of aromatic nitrogens is 2. The fourth-order valence-electron chi connectivity index (χ4n) is 2.75. The smallest absolute Gasteiger partial charge is 0.274 e. The molecule has 5 nitrogen and oxygen atoms in total. The molecule has 1 aliphatic heterocycles. The number of amides is 1. The largest absolute Gasteiger partial charge is 0.336 e. The Morgan fingerprint density at radius 3 is 2.68 bits per heavy atom. The molecule has 1 aromatic heterocycles. The van der Waals surface area contributed by atoms with Gasteiger partial charge in [-0.3, -0.25) is 14.7 Å². The Morgan fingerprint density at radius 1 is 1.05 bits per heavy atom. The second-order valence-corrected chi connectivity index (χ2v) is 5.50. The van der Waals surface area contributed by atoms with Crippen molar-refractivity contribution in [3.63, 3.8) is 0 Å². The summed E-state index contributed by atoms with van der Waals surface area (Å²) < 4.78 is 0. The molecule has 0 bridgehead atoms. The van der Waals surface area contributed by atoms with E-state index in [0.29, 0.717) is 5.69 Å². The summed E-state index contributed by atoms with van der Waals surface area (Å²) in [6.45, 7) is 4.36. The van der Waals surface area contributed by atoms with Crippen molar-refractivity contribution >= 4 is 5.91 Å². The minimum absolute atomic E-state index is 0.0188. The minimum atomic E-state index is -0.0188. The Kier molecular flexibility index (Phi) is 4.75. The van der Waals surface area contributed by atoms with Gasteiger partial charge in [0.05, 0.1) is 6.20 Å². The van der Waals surface area contributed by atoms with Crippen molar-refractivity contribution in [2.24, 2.45) is 0 Å². The molecule has 1 fully saturated rings. The van der Waals surface area contributed by atoms with Gasteiger partial charge in [-0.25, -0.2) is 4.98 Å². The van der Waals surface area contributed by atoms with E-state index in [9.17, 15) is 4.79 Å². The lowest BCUT2D eigenvalue weighted by atomic mass is 10.2. The van der Waals surface area contributed by atoms with Crippen molar-refractivity contribution in [2.75, 3.05) is 26.2 Å². The molecule has 0 saturated carbocycles. The molecule has 0 unspecified atom stereocenters. The summed E-state index contributed by atoms with van der Waals surface area (Å²) >= 11 is 0. The second-order valence-electron chi connectivity index (χ2n) is 5.50. The van der Waals surface area contributed by atoms with Crippen LogP contribution in [0, 0.1) is 0 Å². The molecule has 1 aliphatic rings. The van der Waals surface area contributed by atoms with Gasteiger partial charge in [0.1, 0.15) is 5.69 Å². The molecule has 1 aromatic carbocycles. The minimum Gasteiger partial charge on any atom is -0.336 e. The third-order valence-electron chi connectivity index (χ3n) is 3.91. The summed E-state index contributed by atoms with van der Waals surface area (Å²) in [6.07, 6.45) is 5.67. The van der Waals surface area contributed by atoms with Crippen molar-refractivity contribution < 1.29 is 4.79 Å². The highest BCUT2D eigenvalue weighted by molar-refractivity contribution is 5.91. The van der Waals surface area contributed by atoms with Crippen molar-refractivity contribution in [3.8, 4) is 0 Å². The number of carbonyl (C=O) groups excluding carboxylic acids is 1. The number of hydrogen-bond donors (Lipinski definition) is 0. The molecule has 2 aromatic rings. The van der Waals surface area contributed by atoms with Gasteiger partial charge >= 0.3 is 0 Å². The van der Waals surface area contributed by atoms with Crippen molar-refractivity contribution in [2.45, 2.75) is 13.0 Å². The van der Waals surface area contributed by atoms with Gasteiger partial charge in [-0.2, -0.15) is 0 Å². The first-order chi connectivity index (χ1) is 10.8. The molecule has 22 heavy (non-hydrogen) atoms. The predicted molar refractivity (Wildman–Crippen MR) is 84.3 cm³/mol. The Morgan fingerprint density at radius 2 is 1.91 bits per heavy atom. The monoisotopic (exact) mass is 296 g/mol. The first-order valence-electron chi connectivity index (χ1n) is 7.64. The Balaban J connectivity index is 1.59. The topological polar surface area (TPSA) is 49.3 Å². The fourth-order valence-corrected chi connectivity index (χ4v) is 2.75. The van der Waals surface area contributed by atoms with Crippen LogP contribution >= 0.6 is 0 Å². The molecule has 114 valence electrons. The van der Waals surface area contributed by atoms with E-state index in [0.717, 1.165) is 39.1 Å². The maximum absolute atomic E-state index is 12.4. The number of nitrogens with zero attached hydrogens (tertiary/aromatic N) is 4. The molecule has 0 spiro atoms. The third-order valence-corrected chi connectivity index (χ3v) is 3.91. The lowest BCUT2D eigenvalue weighted by Crippen LogP contribution is -2.35. The SMILES string of the molecule is O=C(c1cnccn1)N1CCCN(Cc2ccccc2)CC1. The maximum Gasteiger partial charge on any atom is 0.274 e. The summed E-state index contributed by atoms with van der Waals surface area (Å²) in [6, 6.07) is 10.5. The summed E-state index contributed by atoms with van der Waals surface area (Å²) in [5, 5.41) is 0. The van der Waals surface area contributed by atoms with E-state index in [-0.39, 0.29) is 5.91 Å². The average molecular weight is 296 g/mol. The van der Waals surface area contributed by atoms with E-state index >= 15 is 0 Å². The Hall–Kier alpha value is -2.27. The molecule has 0 atom stereocenters. The van der Waals surface area contributed by atoms with E-state index in [2.05, 4.69) is 39.1 Å². The predicted octanol–water partition coefficient (Wildman–Crippen LogP) is 1.82. The molecule has 0 radical (unpaired) electrons. The van der Waals surface area contributed by atoms with Crippen LogP contribution in [0.15, 0.2) is 48.9 Å². The molecule has 0 N–H and O–H groups in total. The lowest BCUT2D eigenvalue weighted by Gasteiger charge is -2.21. The van der Waals surface area contributed by atoms with Gasteiger partial charge in [0.2, 0.25) is 0 Å². The van der Waals surface area contributed by atoms with Gasteiger partial charge in [0.25, 0.3) is 5.91 Å². The van der Waals surface area contributed by atoms with Gasteiger partial charge < -0.3 is 4.90 Å². The van der Waals surface area contributed by atoms with Gasteiger partial charge in [-0.15, -0.1) is 0 Å². The molecule has 5 heteroatoms. The van der Waals surface area contributed by atoms with Crippen LogP contribution in [-0.2, 0) is 6.54 Å². The number of hydrogen-bond acceptors (Lipinski definition) is 4. The Labute approximate surface area is 130 Å². The quantitative estimate of drug-likeness (QED) is 0.867. The highest BCUT2D eigenvalue weighted by atomic mass is 16.2. The van der Waals surface area contributed by atoms with E-state index in [1.54, 1.807) is 12.4 Å². The van der Waals surface area contributed by atoms with Crippen LogP contribution in [-0.4, -0.2) is 51.9 Å². The van der Waals surface area contributed by atoms with Crippen LogP contribution in [0.25, 0.3) is 0 Å². The second kappa shape index (κ2) is 7.13. The fraction of sp³-hybridized carbons (Fsp3) is 0.353. The van der Waals surface area contributed by atoms with Crippen molar-refractivity contribution in [3.05, 3.63) is 60.2 Å².